The summed E-state index contributed by atoms with van der Waals surface area (Å²) in [5, 5.41) is 3.42. The van der Waals surface area contributed by atoms with E-state index in [0.29, 0.717) is 12.4 Å². The Kier molecular flexibility index (Phi) is 7.64. The van der Waals surface area contributed by atoms with E-state index in [2.05, 4.69) is 39.6 Å². The summed E-state index contributed by atoms with van der Waals surface area (Å²) in [4.78, 5) is 8.24. The third-order valence-electron chi connectivity index (χ3n) is 2.91. The van der Waals surface area contributed by atoms with Crippen molar-refractivity contribution < 1.29 is 0 Å². The van der Waals surface area contributed by atoms with Gasteiger partial charge in [-0.15, -0.1) is 17.0 Å². The van der Waals surface area contributed by atoms with Crippen molar-refractivity contribution in [3.63, 3.8) is 0 Å². The van der Waals surface area contributed by atoms with Crippen LogP contribution in [-0.2, 0) is 19.6 Å². The van der Waals surface area contributed by atoms with Crippen molar-refractivity contribution >= 4 is 22.8 Å². The minimum Gasteiger partial charge on any atom is -0.388 e. The summed E-state index contributed by atoms with van der Waals surface area (Å²) in [6, 6.07) is 12.4. The van der Waals surface area contributed by atoms with Gasteiger partial charge in [-0.25, -0.2) is 0 Å². The summed E-state index contributed by atoms with van der Waals surface area (Å²) in [6.07, 6.45) is 3.62. The minimum atomic E-state index is 0. The van der Waals surface area contributed by atoms with Gasteiger partial charge in [0.05, 0.1) is 12.4 Å². The Morgan fingerprint density at radius 2 is 1.76 bits per heavy atom. The molecule has 0 atom stereocenters. The van der Waals surface area contributed by atoms with Crippen LogP contribution in [0, 0.1) is 0 Å². The first-order valence-electron chi connectivity index (χ1n) is 6.68. The van der Waals surface area contributed by atoms with Gasteiger partial charge in [-0.05, 0) is 35.7 Å². The number of aliphatic imine (C=N–C) groups is 1. The lowest BCUT2D eigenvalue weighted by Crippen LogP contribution is -2.12. The molecule has 0 amide bonds. The summed E-state index contributed by atoms with van der Waals surface area (Å²) in [6.45, 7) is 4.12. The zero-order chi connectivity index (χ0) is 14.2. The van der Waals surface area contributed by atoms with Crippen molar-refractivity contribution in [2.45, 2.75) is 26.6 Å². The third kappa shape index (κ3) is 6.51. The topological polar surface area (TPSA) is 63.3 Å². The van der Waals surface area contributed by atoms with Crippen LogP contribution in [0.2, 0.25) is 0 Å². The quantitative estimate of drug-likeness (QED) is 0.623. The van der Waals surface area contributed by atoms with Crippen LogP contribution in [-0.4, -0.2) is 10.8 Å². The minimum absolute atomic E-state index is 0. The molecule has 1 aromatic carbocycles. The number of halogens is 1. The number of hydrogen-bond donors (Lipinski definition) is 2. The molecule has 112 valence electrons. The molecule has 21 heavy (non-hydrogen) atoms. The van der Waals surface area contributed by atoms with Crippen LogP contribution in [0.1, 0.15) is 23.6 Å². The molecule has 0 saturated carbocycles. The van der Waals surface area contributed by atoms with Crippen LogP contribution in [0.3, 0.4) is 0 Å². The van der Waals surface area contributed by atoms with Crippen molar-refractivity contribution in [3.05, 3.63) is 65.5 Å². The summed E-state index contributed by atoms with van der Waals surface area (Å²) in [5.41, 5.74) is 9.22. The number of amidine groups is 1. The predicted molar refractivity (Wildman–Crippen MR) is 92.5 cm³/mol. The molecule has 0 spiro atoms. The second-order valence-electron chi connectivity index (χ2n) is 4.74. The first-order valence-corrected chi connectivity index (χ1v) is 6.68. The van der Waals surface area contributed by atoms with Crippen LogP contribution in [0.15, 0.2) is 53.8 Å². The van der Waals surface area contributed by atoms with Gasteiger partial charge in [0.2, 0.25) is 0 Å². The number of nitrogens with zero attached hydrogens (tertiary/aromatic N) is 2. The van der Waals surface area contributed by atoms with Gasteiger partial charge in [0.1, 0.15) is 0 Å². The highest BCUT2D eigenvalue weighted by molar-refractivity contribution is 8.93. The second-order valence-corrected chi connectivity index (χ2v) is 4.74. The Hall–Kier alpha value is -1.72. The molecule has 5 heteroatoms. The zero-order valence-electron chi connectivity index (χ0n) is 12.1. The summed E-state index contributed by atoms with van der Waals surface area (Å²) >= 11 is 0. The van der Waals surface area contributed by atoms with Crippen molar-refractivity contribution in [2.75, 3.05) is 0 Å². The lowest BCUT2D eigenvalue weighted by Gasteiger charge is -2.06. The van der Waals surface area contributed by atoms with Crippen LogP contribution in [0.25, 0.3) is 0 Å². The fourth-order valence-corrected chi connectivity index (χ4v) is 1.91. The lowest BCUT2D eigenvalue weighted by atomic mass is 10.1. The molecule has 0 unspecified atom stereocenters. The van der Waals surface area contributed by atoms with Gasteiger partial charge < -0.3 is 11.1 Å². The van der Waals surface area contributed by atoms with E-state index >= 15 is 0 Å². The molecule has 4 nitrogen and oxygen atoms in total. The lowest BCUT2D eigenvalue weighted by molar-refractivity contribution is 0.692. The van der Waals surface area contributed by atoms with Gasteiger partial charge in [0.15, 0.2) is 0 Å². The second kappa shape index (κ2) is 9.26. The first-order chi connectivity index (χ1) is 9.74. The number of pyridine rings is 1. The molecule has 0 saturated heterocycles. The van der Waals surface area contributed by atoms with Crippen molar-refractivity contribution in [2.24, 2.45) is 10.7 Å². The van der Waals surface area contributed by atoms with Gasteiger partial charge in [-0.1, -0.05) is 24.3 Å². The fraction of sp³-hybridized carbons (Fsp3) is 0.250. The molecule has 2 rings (SSSR count). The van der Waals surface area contributed by atoms with E-state index in [1.165, 1.54) is 16.7 Å². The zero-order valence-corrected chi connectivity index (χ0v) is 13.8. The van der Waals surface area contributed by atoms with Gasteiger partial charge in [0.25, 0.3) is 0 Å². The Morgan fingerprint density at radius 1 is 1.10 bits per heavy atom. The molecule has 0 aliphatic rings. The normalized spacial score (nSPS) is 11.0. The number of aromatic nitrogens is 1. The number of benzene rings is 1. The highest BCUT2D eigenvalue weighted by Gasteiger charge is 1.97. The van der Waals surface area contributed by atoms with E-state index in [9.17, 15) is 0 Å². The molecule has 0 bridgehead atoms. The first kappa shape index (κ1) is 17.3. The summed E-state index contributed by atoms with van der Waals surface area (Å²) in [7, 11) is 0. The Balaban J connectivity index is 0.00000220. The van der Waals surface area contributed by atoms with Crippen LogP contribution in [0.4, 0.5) is 0 Å². The Morgan fingerprint density at radius 3 is 2.48 bits per heavy atom. The fourth-order valence-electron chi connectivity index (χ4n) is 1.91. The third-order valence-corrected chi connectivity index (χ3v) is 2.91. The molecular weight excluding hydrogens is 328 g/mol. The average Bonchev–Trinajstić information content (AvgIpc) is 2.47. The number of nitrogens with two attached hydrogens (primary N) is 1. The molecule has 0 radical (unpaired) electrons. The average molecular weight is 349 g/mol. The van der Waals surface area contributed by atoms with E-state index in [1.54, 1.807) is 6.92 Å². The number of hydrogen-bond acceptors (Lipinski definition) is 3. The molecule has 1 heterocycles. The van der Waals surface area contributed by atoms with E-state index in [-0.39, 0.29) is 17.0 Å². The molecule has 1 aromatic heterocycles. The summed E-state index contributed by atoms with van der Waals surface area (Å²) < 4.78 is 0. The number of rotatable bonds is 6. The monoisotopic (exact) mass is 348 g/mol. The van der Waals surface area contributed by atoms with E-state index in [0.717, 1.165) is 13.1 Å². The van der Waals surface area contributed by atoms with Gasteiger partial charge in [0, 0.05) is 25.5 Å². The van der Waals surface area contributed by atoms with Gasteiger partial charge in [-0.3, -0.25) is 9.98 Å². The molecule has 0 aliphatic heterocycles. The maximum Gasteiger partial charge on any atom is 0.0909 e. The smallest absolute Gasteiger partial charge is 0.0909 e. The van der Waals surface area contributed by atoms with Gasteiger partial charge in [-0.2, -0.15) is 0 Å². The van der Waals surface area contributed by atoms with Crippen LogP contribution < -0.4 is 11.1 Å². The van der Waals surface area contributed by atoms with Crippen LogP contribution in [0.5, 0.6) is 0 Å². The highest BCUT2D eigenvalue weighted by Crippen LogP contribution is 2.07. The van der Waals surface area contributed by atoms with E-state index < -0.39 is 0 Å². The maximum atomic E-state index is 5.56. The van der Waals surface area contributed by atoms with Gasteiger partial charge >= 0.3 is 0 Å². The van der Waals surface area contributed by atoms with E-state index in [1.807, 2.05) is 24.5 Å². The standard InChI is InChI=1S/C16H20N4.BrH/c1-13(17)20-12-16-4-2-3-15(9-16)11-19-10-14-5-7-18-8-6-14;/h2-9,19H,10-12H2,1H3,(H2,17,20);1H. The SMILES string of the molecule is Br.CC(N)=NCc1cccc(CNCc2ccncc2)c1. The molecule has 0 aliphatic carbocycles. The van der Waals surface area contributed by atoms with Crippen molar-refractivity contribution in [3.8, 4) is 0 Å². The Bertz CT molecular complexity index is 565. The molecule has 0 fully saturated rings. The van der Waals surface area contributed by atoms with Crippen molar-refractivity contribution in [1.82, 2.24) is 10.3 Å². The molecule has 3 N–H and O–H groups in total. The maximum absolute atomic E-state index is 5.56. The predicted octanol–water partition coefficient (Wildman–Crippen LogP) is 2.83. The number of nitrogens with one attached hydrogen (secondary N) is 1. The molecule has 2 aromatic rings. The molecular formula is C16H21BrN4. The van der Waals surface area contributed by atoms with Crippen molar-refractivity contribution in [1.29, 1.82) is 0 Å². The largest absolute Gasteiger partial charge is 0.388 e. The van der Waals surface area contributed by atoms with E-state index in [4.69, 9.17) is 5.73 Å². The van der Waals surface area contributed by atoms with Crippen LogP contribution >= 0.6 is 17.0 Å². The Labute approximate surface area is 136 Å². The summed E-state index contributed by atoms with van der Waals surface area (Å²) in [5.74, 6) is 0.617. The highest BCUT2D eigenvalue weighted by atomic mass is 79.9.